The van der Waals surface area contributed by atoms with Crippen LogP contribution in [0.1, 0.15) is 6.42 Å². The summed E-state index contributed by atoms with van der Waals surface area (Å²) in [5.41, 5.74) is 0. The van der Waals surface area contributed by atoms with Crippen molar-refractivity contribution in [2.24, 2.45) is 5.92 Å². The summed E-state index contributed by atoms with van der Waals surface area (Å²) in [5, 5.41) is 10.2. The van der Waals surface area contributed by atoms with Crippen LogP contribution in [0, 0.1) is 5.92 Å². The van der Waals surface area contributed by atoms with Gasteiger partial charge in [0.05, 0.1) is 5.92 Å². The highest BCUT2D eigenvalue weighted by molar-refractivity contribution is 5.82. The first kappa shape index (κ1) is 11.5. The lowest BCUT2D eigenvalue weighted by Crippen LogP contribution is -2.42. The summed E-state index contributed by atoms with van der Waals surface area (Å²) in [7, 11) is 0. The van der Waals surface area contributed by atoms with Crippen molar-refractivity contribution in [3.8, 4) is 0 Å². The average molecular weight is 223 g/mol. The van der Waals surface area contributed by atoms with Crippen LogP contribution in [-0.4, -0.2) is 29.2 Å². The van der Waals surface area contributed by atoms with E-state index in [9.17, 15) is 22.8 Å². The van der Waals surface area contributed by atoms with Crippen molar-refractivity contribution in [2.45, 2.75) is 18.6 Å². The summed E-state index contributed by atoms with van der Waals surface area (Å²) in [6.07, 6.45) is -2.46. The molecule has 1 aliphatic carbocycles. The first-order valence-corrected chi connectivity index (χ1v) is 4.09. The van der Waals surface area contributed by atoms with E-state index >= 15 is 0 Å². The van der Waals surface area contributed by atoms with Gasteiger partial charge < -0.3 is 10.4 Å². The predicted molar refractivity (Wildman–Crippen MR) is 42.9 cm³/mol. The summed E-state index contributed by atoms with van der Waals surface area (Å²) >= 11 is 0. The van der Waals surface area contributed by atoms with Crippen LogP contribution in [0.15, 0.2) is 12.2 Å². The first-order valence-electron chi connectivity index (χ1n) is 4.09. The van der Waals surface area contributed by atoms with Crippen LogP contribution >= 0.6 is 0 Å². The fourth-order valence-electron chi connectivity index (χ4n) is 1.24. The van der Waals surface area contributed by atoms with E-state index in [2.05, 4.69) is 0 Å². The Morgan fingerprint density at radius 1 is 1.33 bits per heavy atom. The Labute approximate surface area is 82.8 Å². The molecule has 4 nitrogen and oxygen atoms in total. The Bertz CT molecular complexity index is 311. The van der Waals surface area contributed by atoms with E-state index in [1.165, 1.54) is 12.2 Å². The van der Waals surface area contributed by atoms with Crippen LogP contribution in [0.4, 0.5) is 13.2 Å². The van der Waals surface area contributed by atoms with Crippen molar-refractivity contribution in [2.75, 3.05) is 0 Å². The third kappa shape index (κ3) is 2.97. The number of hydrogen-bond donors (Lipinski definition) is 2. The van der Waals surface area contributed by atoms with Gasteiger partial charge >= 0.3 is 18.1 Å². The Morgan fingerprint density at radius 3 is 2.33 bits per heavy atom. The number of nitrogens with one attached hydrogen (secondary N) is 1. The van der Waals surface area contributed by atoms with Crippen molar-refractivity contribution < 1.29 is 27.9 Å². The highest BCUT2D eigenvalue weighted by Crippen LogP contribution is 2.20. The third-order valence-corrected chi connectivity index (χ3v) is 1.97. The minimum Gasteiger partial charge on any atom is -0.481 e. The Kier molecular flexibility index (Phi) is 3.01. The zero-order chi connectivity index (χ0) is 11.6. The quantitative estimate of drug-likeness (QED) is 0.677. The number of amides is 1. The van der Waals surface area contributed by atoms with Crippen LogP contribution < -0.4 is 5.32 Å². The van der Waals surface area contributed by atoms with Crippen molar-refractivity contribution in [1.82, 2.24) is 5.32 Å². The summed E-state index contributed by atoms with van der Waals surface area (Å²) in [6, 6.07) is -0.861. The lowest BCUT2D eigenvalue weighted by atomic mass is 10.1. The molecule has 0 bridgehead atoms. The van der Waals surface area contributed by atoms with Crippen LogP contribution in [0.5, 0.6) is 0 Å². The zero-order valence-corrected chi connectivity index (χ0v) is 7.41. The molecule has 0 radical (unpaired) electrons. The number of rotatable bonds is 2. The maximum atomic E-state index is 11.8. The molecule has 15 heavy (non-hydrogen) atoms. The molecule has 2 atom stereocenters. The number of alkyl halides is 3. The van der Waals surface area contributed by atoms with Gasteiger partial charge in [0.2, 0.25) is 0 Å². The van der Waals surface area contributed by atoms with Crippen LogP contribution in [-0.2, 0) is 9.59 Å². The van der Waals surface area contributed by atoms with E-state index in [0.717, 1.165) is 0 Å². The average Bonchev–Trinajstić information content (AvgIpc) is 2.50. The van der Waals surface area contributed by atoms with E-state index in [1.807, 2.05) is 0 Å². The van der Waals surface area contributed by atoms with Gasteiger partial charge in [-0.05, 0) is 6.42 Å². The maximum absolute atomic E-state index is 11.8. The fraction of sp³-hybridized carbons (Fsp3) is 0.500. The second-order valence-corrected chi connectivity index (χ2v) is 3.14. The molecule has 0 spiro atoms. The number of carbonyl (C=O) groups is 2. The van der Waals surface area contributed by atoms with Gasteiger partial charge in [-0.3, -0.25) is 9.59 Å². The summed E-state index contributed by atoms with van der Waals surface area (Å²) < 4.78 is 35.4. The molecule has 0 aromatic carbocycles. The van der Waals surface area contributed by atoms with Crippen LogP contribution in [0.25, 0.3) is 0 Å². The van der Waals surface area contributed by atoms with Crippen LogP contribution in [0.3, 0.4) is 0 Å². The molecule has 0 fully saturated rings. The van der Waals surface area contributed by atoms with Gasteiger partial charge in [-0.2, -0.15) is 13.2 Å². The number of aliphatic carboxylic acids is 1. The van der Waals surface area contributed by atoms with Crippen molar-refractivity contribution in [3.05, 3.63) is 12.2 Å². The van der Waals surface area contributed by atoms with Crippen molar-refractivity contribution >= 4 is 11.9 Å². The number of carbonyl (C=O) groups excluding carboxylic acids is 1. The van der Waals surface area contributed by atoms with E-state index < -0.39 is 30.0 Å². The largest absolute Gasteiger partial charge is 0.481 e. The molecule has 1 rings (SSSR count). The van der Waals surface area contributed by atoms with Gasteiger partial charge in [0.25, 0.3) is 0 Å². The Morgan fingerprint density at radius 2 is 1.93 bits per heavy atom. The molecule has 0 heterocycles. The lowest BCUT2D eigenvalue weighted by Gasteiger charge is -2.13. The maximum Gasteiger partial charge on any atom is 0.471 e. The normalized spacial score (nSPS) is 25.3. The monoisotopic (exact) mass is 223 g/mol. The number of carboxylic acid groups (broad SMARTS) is 1. The molecular formula is C8H8F3NO3. The smallest absolute Gasteiger partial charge is 0.471 e. The molecule has 0 saturated carbocycles. The number of carboxylic acids is 1. The predicted octanol–water partition coefficient (Wildman–Crippen LogP) is 0.694. The van der Waals surface area contributed by atoms with E-state index in [1.54, 1.807) is 5.32 Å². The van der Waals surface area contributed by atoms with Gasteiger partial charge in [0.1, 0.15) is 0 Å². The molecule has 84 valence electrons. The summed E-state index contributed by atoms with van der Waals surface area (Å²) in [4.78, 5) is 20.9. The molecule has 0 aromatic rings. The molecule has 0 saturated heterocycles. The Balaban J connectivity index is 2.48. The topological polar surface area (TPSA) is 66.4 Å². The van der Waals surface area contributed by atoms with Gasteiger partial charge in [-0.1, -0.05) is 12.2 Å². The molecule has 1 amide bonds. The highest BCUT2D eigenvalue weighted by atomic mass is 19.4. The van der Waals surface area contributed by atoms with Crippen molar-refractivity contribution in [3.63, 3.8) is 0 Å². The second-order valence-electron chi connectivity index (χ2n) is 3.14. The molecule has 0 aliphatic heterocycles. The number of hydrogen-bond acceptors (Lipinski definition) is 2. The first-order chi connectivity index (χ1) is 6.80. The summed E-state index contributed by atoms with van der Waals surface area (Å²) in [6.45, 7) is 0. The number of halogens is 3. The molecular weight excluding hydrogens is 215 g/mol. The second kappa shape index (κ2) is 3.92. The van der Waals surface area contributed by atoms with Crippen molar-refractivity contribution in [1.29, 1.82) is 0 Å². The standard InChI is InChI=1S/C8H8F3NO3/c9-8(10,11)7(15)12-5-2-1-4(3-5)6(13)14/h1-2,4-5H,3H2,(H,12,15)(H,13,14)/t4-,5+/m1/s1. The fourth-order valence-corrected chi connectivity index (χ4v) is 1.24. The highest BCUT2D eigenvalue weighted by Gasteiger charge is 2.40. The van der Waals surface area contributed by atoms with Gasteiger partial charge in [0, 0.05) is 6.04 Å². The minimum absolute atomic E-state index is 0.0445. The van der Waals surface area contributed by atoms with Gasteiger partial charge in [-0.15, -0.1) is 0 Å². The summed E-state index contributed by atoms with van der Waals surface area (Å²) in [5.74, 6) is -4.00. The third-order valence-electron chi connectivity index (χ3n) is 1.97. The van der Waals surface area contributed by atoms with E-state index in [4.69, 9.17) is 5.11 Å². The molecule has 7 heteroatoms. The molecule has 0 aromatic heterocycles. The van der Waals surface area contributed by atoms with Gasteiger partial charge in [0.15, 0.2) is 0 Å². The van der Waals surface area contributed by atoms with Gasteiger partial charge in [-0.25, -0.2) is 0 Å². The lowest BCUT2D eigenvalue weighted by molar-refractivity contribution is -0.174. The zero-order valence-electron chi connectivity index (χ0n) is 7.41. The minimum atomic E-state index is -4.94. The van der Waals surface area contributed by atoms with E-state index in [0.29, 0.717) is 0 Å². The van der Waals surface area contributed by atoms with E-state index in [-0.39, 0.29) is 6.42 Å². The Hall–Kier alpha value is -1.53. The SMILES string of the molecule is O=C(O)[C@@H]1C=C[C@H](NC(=O)C(F)(F)F)C1. The molecule has 2 N–H and O–H groups in total. The van der Waals surface area contributed by atoms with Crippen LogP contribution in [0.2, 0.25) is 0 Å². The molecule has 1 aliphatic rings. The molecule has 0 unspecified atom stereocenters.